The molecule has 2 aliphatic rings. The van der Waals surface area contributed by atoms with Crippen LogP contribution in [0.4, 0.5) is 10.5 Å². The molecule has 0 spiro atoms. The van der Waals surface area contributed by atoms with Gasteiger partial charge in [-0.05, 0) is 38.0 Å². The third-order valence-corrected chi connectivity index (χ3v) is 5.71. The molecule has 28 heavy (non-hydrogen) atoms. The number of esters is 1. The molecule has 1 fully saturated rings. The highest BCUT2D eigenvalue weighted by Gasteiger charge is 2.37. The molecule has 2 heterocycles. The van der Waals surface area contributed by atoms with Crippen LogP contribution in [0.25, 0.3) is 0 Å². The number of carbonyl (C=O) groups excluding carboxylic acids is 2. The summed E-state index contributed by atoms with van der Waals surface area (Å²) < 4.78 is 5.32. The minimum Gasteiger partial charge on any atom is -0.463 e. The van der Waals surface area contributed by atoms with Crippen LogP contribution in [-0.2, 0) is 9.53 Å². The minimum absolute atomic E-state index is 0.185. The van der Waals surface area contributed by atoms with E-state index in [2.05, 4.69) is 15.2 Å². The lowest BCUT2D eigenvalue weighted by Crippen LogP contribution is -2.42. The zero-order valence-electron chi connectivity index (χ0n) is 16.7. The molecule has 0 radical (unpaired) electrons. The summed E-state index contributed by atoms with van der Waals surface area (Å²) >= 11 is 1.72. The predicted octanol–water partition coefficient (Wildman–Crippen LogP) is 3.47. The van der Waals surface area contributed by atoms with Gasteiger partial charge in [0, 0.05) is 32.1 Å². The Morgan fingerprint density at radius 2 is 2.04 bits per heavy atom. The summed E-state index contributed by atoms with van der Waals surface area (Å²) in [6.07, 6.45) is 1.03. The lowest BCUT2D eigenvalue weighted by Gasteiger charge is -2.40. The third kappa shape index (κ3) is 4.16. The van der Waals surface area contributed by atoms with Gasteiger partial charge in [0.05, 0.1) is 23.9 Å². The van der Waals surface area contributed by atoms with Crippen LogP contribution in [0.3, 0.4) is 0 Å². The van der Waals surface area contributed by atoms with Crippen molar-refractivity contribution in [2.24, 2.45) is 4.99 Å². The molecule has 1 atom stereocenters. The van der Waals surface area contributed by atoms with Crippen molar-refractivity contribution in [3.8, 4) is 0 Å². The number of ether oxygens (including phenoxy) is 1. The van der Waals surface area contributed by atoms with Gasteiger partial charge in [0.15, 0.2) is 5.17 Å². The first-order valence-corrected chi connectivity index (χ1v) is 10.3. The molecular weight excluding hydrogens is 376 g/mol. The number of allylic oxidation sites excluding steroid dienone is 1. The third-order valence-electron chi connectivity index (χ3n) is 4.64. The molecule has 1 N–H and O–H groups in total. The molecule has 2 aliphatic heterocycles. The van der Waals surface area contributed by atoms with E-state index in [9.17, 15) is 9.59 Å². The Kier molecular flexibility index (Phi) is 6.28. The Hall–Kier alpha value is -2.48. The Labute approximate surface area is 169 Å². The van der Waals surface area contributed by atoms with E-state index in [0.717, 1.165) is 29.4 Å². The largest absolute Gasteiger partial charge is 0.463 e. The number of thioether (sulfide) groups is 1. The highest BCUT2D eigenvalue weighted by atomic mass is 32.2. The van der Waals surface area contributed by atoms with Crippen molar-refractivity contribution in [1.82, 2.24) is 9.80 Å². The maximum Gasteiger partial charge on any atom is 0.338 e. The molecule has 1 saturated heterocycles. The molecule has 0 saturated carbocycles. The highest BCUT2D eigenvalue weighted by molar-refractivity contribution is 8.13. The van der Waals surface area contributed by atoms with Crippen molar-refractivity contribution < 1.29 is 14.3 Å². The molecule has 0 aromatic heterocycles. The van der Waals surface area contributed by atoms with E-state index in [1.807, 2.05) is 31.2 Å². The van der Waals surface area contributed by atoms with Gasteiger partial charge in [-0.3, -0.25) is 0 Å². The van der Waals surface area contributed by atoms with Crippen LogP contribution < -0.4 is 5.32 Å². The van der Waals surface area contributed by atoms with Crippen LogP contribution in [0.1, 0.15) is 31.9 Å². The van der Waals surface area contributed by atoms with Crippen molar-refractivity contribution >= 4 is 34.6 Å². The fraction of sp³-hybridized carbons (Fsp3) is 0.450. The second kappa shape index (κ2) is 8.68. The number of nitrogens with one attached hydrogen (secondary N) is 1. The van der Waals surface area contributed by atoms with Gasteiger partial charge in [-0.2, -0.15) is 0 Å². The van der Waals surface area contributed by atoms with Gasteiger partial charge < -0.3 is 19.9 Å². The van der Waals surface area contributed by atoms with Crippen LogP contribution in [-0.4, -0.2) is 60.0 Å². The molecule has 2 amide bonds. The van der Waals surface area contributed by atoms with Gasteiger partial charge in [0.2, 0.25) is 0 Å². The molecule has 7 nitrogen and oxygen atoms in total. The molecule has 150 valence electrons. The minimum atomic E-state index is -0.326. The number of benzene rings is 1. The van der Waals surface area contributed by atoms with E-state index in [0.29, 0.717) is 23.6 Å². The van der Waals surface area contributed by atoms with Crippen LogP contribution in [0, 0.1) is 0 Å². The van der Waals surface area contributed by atoms with E-state index in [-0.39, 0.29) is 18.0 Å². The van der Waals surface area contributed by atoms with Crippen molar-refractivity contribution in [3.05, 3.63) is 41.1 Å². The number of fused-ring (bicyclic) bond motifs is 1. The van der Waals surface area contributed by atoms with Crippen molar-refractivity contribution in [3.63, 3.8) is 0 Å². The van der Waals surface area contributed by atoms with E-state index < -0.39 is 0 Å². The quantitative estimate of drug-likeness (QED) is 0.781. The second-order valence-electron chi connectivity index (χ2n) is 6.86. The van der Waals surface area contributed by atoms with Gasteiger partial charge >= 0.3 is 12.0 Å². The van der Waals surface area contributed by atoms with Gasteiger partial charge in [-0.25, -0.2) is 14.6 Å². The van der Waals surface area contributed by atoms with E-state index in [4.69, 9.17) is 4.74 Å². The Balaban J connectivity index is 1.95. The number of nitrogens with zero attached hydrogens (tertiary/aromatic N) is 3. The van der Waals surface area contributed by atoms with Crippen molar-refractivity contribution in [1.29, 1.82) is 0 Å². The first-order valence-electron chi connectivity index (χ1n) is 9.36. The molecule has 1 aromatic rings. The number of carbonyl (C=O) groups is 2. The normalized spacial score (nSPS) is 18.9. The predicted molar refractivity (Wildman–Crippen MR) is 112 cm³/mol. The zero-order chi connectivity index (χ0) is 20.3. The Morgan fingerprint density at radius 3 is 2.68 bits per heavy atom. The first-order chi connectivity index (χ1) is 13.4. The average Bonchev–Trinajstić information content (AvgIpc) is 2.67. The monoisotopic (exact) mass is 402 g/mol. The zero-order valence-corrected chi connectivity index (χ0v) is 17.5. The maximum absolute atomic E-state index is 12.7. The molecular formula is C20H26N4O3S. The van der Waals surface area contributed by atoms with Crippen LogP contribution in [0.2, 0.25) is 0 Å². The topological polar surface area (TPSA) is 74.2 Å². The molecule has 1 aromatic carbocycles. The van der Waals surface area contributed by atoms with Gasteiger partial charge in [0.1, 0.15) is 0 Å². The van der Waals surface area contributed by atoms with Crippen LogP contribution in [0.15, 0.2) is 40.5 Å². The van der Waals surface area contributed by atoms with E-state index in [1.54, 1.807) is 32.8 Å². The highest BCUT2D eigenvalue weighted by Crippen LogP contribution is 2.40. The summed E-state index contributed by atoms with van der Waals surface area (Å²) in [4.78, 5) is 32.9. The molecule has 3 rings (SSSR count). The van der Waals surface area contributed by atoms with E-state index >= 15 is 0 Å². The summed E-state index contributed by atoms with van der Waals surface area (Å²) in [6, 6.07) is 7.19. The SMILES string of the molecule is CCOC(=O)C1=C(C)N=C2SCCCN2[C@@H]1c1ccc(NC(=O)N(C)C)cc1. The summed E-state index contributed by atoms with van der Waals surface area (Å²) in [5.41, 5.74) is 2.96. The van der Waals surface area contributed by atoms with E-state index in [1.165, 1.54) is 4.90 Å². The number of amides is 2. The number of hydrogen-bond acceptors (Lipinski definition) is 6. The standard InChI is InChI=1S/C20H26N4O3S/c1-5-27-18(25)16-13(2)21-20-24(11-6-12-28-20)17(16)14-7-9-15(10-8-14)22-19(26)23(3)4/h7-10,17H,5-6,11-12H2,1-4H3,(H,22,26)/t17-/m1/s1. The van der Waals surface area contributed by atoms with Crippen LogP contribution in [0.5, 0.6) is 0 Å². The summed E-state index contributed by atoms with van der Waals surface area (Å²) in [7, 11) is 3.39. The second-order valence-corrected chi connectivity index (χ2v) is 7.92. The van der Waals surface area contributed by atoms with Crippen molar-refractivity contribution in [2.75, 3.05) is 38.3 Å². The van der Waals surface area contributed by atoms with Crippen LogP contribution >= 0.6 is 11.8 Å². The van der Waals surface area contributed by atoms with Crippen molar-refractivity contribution in [2.45, 2.75) is 26.3 Å². The lowest BCUT2D eigenvalue weighted by molar-refractivity contribution is -0.139. The number of aliphatic imine (C=N–C) groups is 1. The summed E-state index contributed by atoms with van der Waals surface area (Å²) in [5, 5.41) is 3.78. The number of hydrogen-bond donors (Lipinski definition) is 1. The fourth-order valence-corrected chi connectivity index (χ4v) is 4.29. The summed E-state index contributed by atoms with van der Waals surface area (Å²) in [5.74, 6) is 0.702. The first kappa shape index (κ1) is 20.3. The maximum atomic E-state index is 12.7. The molecule has 0 bridgehead atoms. The number of anilines is 1. The number of urea groups is 1. The molecule has 0 unspecified atom stereocenters. The fourth-order valence-electron chi connectivity index (χ4n) is 3.27. The number of amidine groups is 1. The Bertz CT molecular complexity index is 817. The van der Waals surface area contributed by atoms with Gasteiger partial charge in [-0.1, -0.05) is 23.9 Å². The van der Waals surface area contributed by atoms with Gasteiger partial charge in [0.25, 0.3) is 0 Å². The lowest BCUT2D eigenvalue weighted by atomic mass is 9.94. The van der Waals surface area contributed by atoms with Gasteiger partial charge in [-0.15, -0.1) is 0 Å². The average molecular weight is 403 g/mol. The summed E-state index contributed by atoms with van der Waals surface area (Å²) in [6.45, 7) is 4.83. The Morgan fingerprint density at radius 1 is 1.32 bits per heavy atom. The number of rotatable bonds is 4. The molecule has 8 heteroatoms. The molecule has 0 aliphatic carbocycles. The smallest absolute Gasteiger partial charge is 0.338 e.